The van der Waals surface area contributed by atoms with Crippen molar-refractivity contribution in [3.63, 3.8) is 0 Å². The maximum absolute atomic E-state index is 10.7. The molecule has 1 aliphatic rings. The molecule has 8 heteroatoms. The fourth-order valence-corrected chi connectivity index (χ4v) is 3.88. The second-order valence-corrected chi connectivity index (χ2v) is 7.36. The lowest BCUT2D eigenvalue weighted by atomic mass is 10.1. The Hall–Kier alpha value is -1.90. The van der Waals surface area contributed by atoms with Gasteiger partial charge in [0, 0.05) is 50.9 Å². The van der Waals surface area contributed by atoms with Crippen LogP contribution in [-0.4, -0.2) is 43.3 Å². The molecule has 0 aliphatic carbocycles. The van der Waals surface area contributed by atoms with Gasteiger partial charge in [0.05, 0.1) is 16.7 Å². The van der Waals surface area contributed by atoms with Crippen molar-refractivity contribution in [2.45, 2.75) is 31.1 Å². The van der Waals surface area contributed by atoms with Crippen LogP contribution in [0.1, 0.15) is 30.0 Å². The molecule has 0 saturated heterocycles. The highest BCUT2D eigenvalue weighted by Gasteiger charge is 2.24. The minimum Gasteiger partial charge on any atom is -0.387 e. The molecule has 1 aliphatic heterocycles. The van der Waals surface area contributed by atoms with E-state index in [1.54, 1.807) is 23.9 Å². The van der Waals surface area contributed by atoms with Crippen LogP contribution in [0.15, 0.2) is 29.4 Å². The van der Waals surface area contributed by atoms with Gasteiger partial charge in [0.25, 0.3) is 5.69 Å². The molecule has 1 atom stereocenters. The first-order valence-corrected chi connectivity index (χ1v) is 9.30. The van der Waals surface area contributed by atoms with Gasteiger partial charge in [-0.1, -0.05) is 18.7 Å². The summed E-state index contributed by atoms with van der Waals surface area (Å²) in [5.74, 6) is 0.992. The van der Waals surface area contributed by atoms with Crippen LogP contribution in [-0.2, 0) is 20.0 Å². The van der Waals surface area contributed by atoms with E-state index in [9.17, 15) is 15.2 Å². The molecule has 0 spiro atoms. The van der Waals surface area contributed by atoms with Gasteiger partial charge >= 0.3 is 0 Å². The number of imidazole rings is 1. The number of benzene rings is 1. The van der Waals surface area contributed by atoms with E-state index in [0.29, 0.717) is 12.1 Å². The average Bonchev–Trinajstić information content (AvgIpc) is 2.91. The van der Waals surface area contributed by atoms with Gasteiger partial charge in [-0.2, -0.15) is 0 Å². The molecule has 0 saturated carbocycles. The number of thioether (sulfide) groups is 1. The number of nitro groups is 1. The van der Waals surface area contributed by atoms with Gasteiger partial charge in [0.15, 0.2) is 5.16 Å². The van der Waals surface area contributed by atoms with Crippen LogP contribution in [0.3, 0.4) is 0 Å². The number of aliphatic hydroxyl groups is 1. The molecule has 1 aromatic heterocycles. The summed E-state index contributed by atoms with van der Waals surface area (Å²) in [6, 6.07) is 6.10. The second kappa shape index (κ2) is 7.55. The lowest BCUT2D eigenvalue weighted by molar-refractivity contribution is -0.384. The summed E-state index contributed by atoms with van der Waals surface area (Å²) in [7, 11) is 2.06. The van der Waals surface area contributed by atoms with Crippen LogP contribution in [0.5, 0.6) is 0 Å². The Balaban J connectivity index is 1.66. The highest BCUT2D eigenvalue weighted by atomic mass is 32.2. The zero-order valence-electron chi connectivity index (χ0n) is 14.4. The van der Waals surface area contributed by atoms with Gasteiger partial charge in [-0.05, 0) is 23.4 Å². The van der Waals surface area contributed by atoms with Crippen LogP contribution in [0, 0.1) is 10.1 Å². The van der Waals surface area contributed by atoms with Crippen molar-refractivity contribution in [3.8, 4) is 0 Å². The molecule has 0 unspecified atom stereocenters. The summed E-state index contributed by atoms with van der Waals surface area (Å²) in [6.07, 6.45) is 0.242. The van der Waals surface area contributed by atoms with Crippen molar-refractivity contribution in [1.82, 2.24) is 14.5 Å². The number of fused-ring (bicyclic) bond motifs is 1. The number of aliphatic hydroxyl groups excluding tert-OH is 1. The van der Waals surface area contributed by atoms with Crippen molar-refractivity contribution < 1.29 is 10.0 Å². The molecule has 2 heterocycles. The molecule has 0 amide bonds. The number of nitro benzene ring substituents is 1. The molecular weight excluding hydrogens is 340 g/mol. The minimum atomic E-state index is -0.671. The van der Waals surface area contributed by atoms with Crippen LogP contribution in [0.4, 0.5) is 5.69 Å². The lowest BCUT2D eigenvalue weighted by Crippen LogP contribution is -2.34. The molecule has 0 bridgehead atoms. The summed E-state index contributed by atoms with van der Waals surface area (Å²) in [4.78, 5) is 17.2. The second-order valence-electron chi connectivity index (χ2n) is 6.13. The molecule has 0 radical (unpaired) electrons. The van der Waals surface area contributed by atoms with E-state index in [-0.39, 0.29) is 5.69 Å². The van der Waals surface area contributed by atoms with Gasteiger partial charge < -0.3 is 9.67 Å². The molecule has 1 aromatic carbocycles. The van der Waals surface area contributed by atoms with E-state index in [1.807, 2.05) is 0 Å². The lowest BCUT2D eigenvalue weighted by Gasteiger charge is -2.28. The van der Waals surface area contributed by atoms with Crippen molar-refractivity contribution in [1.29, 1.82) is 0 Å². The topological polar surface area (TPSA) is 84.4 Å². The highest BCUT2D eigenvalue weighted by molar-refractivity contribution is 7.99. The first-order valence-electron chi connectivity index (χ1n) is 8.31. The molecule has 3 rings (SSSR count). The third-order valence-electron chi connectivity index (χ3n) is 4.49. The number of aromatic nitrogens is 2. The van der Waals surface area contributed by atoms with Gasteiger partial charge in [0.1, 0.15) is 0 Å². The number of nitrogens with zero attached hydrogens (tertiary/aromatic N) is 4. The normalized spacial score (nSPS) is 15.8. The van der Waals surface area contributed by atoms with Crippen molar-refractivity contribution in [2.24, 2.45) is 7.05 Å². The summed E-state index contributed by atoms with van der Waals surface area (Å²) in [5.41, 5.74) is 3.09. The Labute approximate surface area is 150 Å². The average molecular weight is 362 g/mol. The number of β-amino-alcohol motifs (C(OH)–C–C–N with tert-alkyl or cyclic N) is 1. The Bertz CT molecular complexity index is 760. The maximum Gasteiger partial charge on any atom is 0.269 e. The number of hydrogen-bond donors (Lipinski definition) is 1. The van der Waals surface area contributed by atoms with Crippen molar-refractivity contribution in [3.05, 3.63) is 51.3 Å². The van der Waals surface area contributed by atoms with Crippen LogP contribution in [0.2, 0.25) is 0 Å². The summed E-state index contributed by atoms with van der Waals surface area (Å²) in [6.45, 7) is 4.19. The third-order valence-corrected chi connectivity index (χ3v) is 5.40. The quantitative estimate of drug-likeness (QED) is 0.483. The maximum atomic E-state index is 10.7. The summed E-state index contributed by atoms with van der Waals surface area (Å²) >= 11 is 1.74. The number of rotatable bonds is 6. The smallest absolute Gasteiger partial charge is 0.269 e. The van der Waals surface area contributed by atoms with E-state index in [0.717, 1.165) is 36.1 Å². The highest BCUT2D eigenvalue weighted by Crippen LogP contribution is 2.26. The molecule has 134 valence electrons. The molecule has 2 aromatic rings. The zero-order valence-corrected chi connectivity index (χ0v) is 15.2. The first kappa shape index (κ1) is 17.9. The molecule has 25 heavy (non-hydrogen) atoms. The van der Waals surface area contributed by atoms with Gasteiger partial charge in [-0.25, -0.2) is 4.98 Å². The van der Waals surface area contributed by atoms with E-state index >= 15 is 0 Å². The number of hydrogen-bond acceptors (Lipinski definition) is 6. The zero-order chi connectivity index (χ0) is 18.0. The van der Waals surface area contributed by atoms with Gasteiger partial charge in [-0.3, -0.25) is 15.0 Å². The Morgan fingerprint density at radius 1 is 1.40 bits per heavy atom. The molecule has 1 N–H and O–H groups in total. The fourth-order valence-electron chi connectivity index (χ4n) is 3.14. The van der Waals surface area contributed by atoms with E-state index in [4.69, 9.17) is 4.98 Å². The van der Waals surface area contributed by atoms with Crippen LogP contribution in [0.25, 0.3) is 0 Å². The van der Waals surface area contributed by atoms with Gasteiger partial charge in [0.2, 0.25) is 0 Å². The SMILES string of the molecule is CCSc1nc2c(n1C)CCN(C[C@@H](O)c1ccc([N+](=O)[O-])cc1)C2. The summed E-state index contributed by atoms with van der Waals surface area (Å²) < 4.78 is 2.17. The minimum absolute atomic E-state index is 0.0352. The largest absolute Gasteiger partial charge is 0.387 e. The standard InChI is InChI=1S/C17H22N4O3S/c1-3-25-17-18-14-10-20(9-8-15(14)19(17)2)11-16(22)12-4-6-13(7-5-12)21(23)24/h4-7,16,22H,3,8-11H2,1-2H3/t16-/m1/s1. The van der Waals surface area contributed by atoms with Gasteiger partial charge in [-0.15, -0.1) is 0 Å². The first-order chi connectivity index (χ1) is 12.0. The molecular formula is C17H22N4O3S. The van der Waals surface area contributed by atoms with Crippen molar-refractivity contribution >= 4 is 17.4 Å². The Kier molecular flexibility index (Phi) is 5.41. The monoisotopic (exact) mass is 362 g/mol. The number of non-ortho nitro benzene ring substituents is 1. The molecule has 7 nitrogen and oxygen atoms in total. The Morgan fingerprint density at radius 2 is 2.12 bits per heavy atom. The third kappa shape index (κ3) is 3.86. The predicted octanol–water partition coefficient (Wildman–Crippen LogP) is 2.53. The van der Waals surface area contributed by atoms with Crippen LogP contribution < -0.4 is 0 Å². The molecule has 0 fully saturated rings. The Morgan fingerprint density at radius 3 is 2.76 bits per heavy atom. The fraction of sp³-hybridized carbons (Fsp3) is 0.471. The van der Waals surface area contributed by atoms with E-state index in [1.165, 1.54) is 17.8 Å². The van der Waals surface area contributed by atoms with E-state index < -0.39 is 11.0 Å². The summed E-state index contributed by atoms with van der Waals surface area (Å²) in [5, 5.41) is 22.2. The van der Waals surface area contributed by atoms with Crippen LogP contribution >= 0.6 is 11.8 Å². The van der Waals surface area contributed by atoms with E-state index in [2.05, 4.69) is 23.4 Å². The van der Waals surface area contributed by atoms with Crippen molar-refractivity contribution in [2.75, 3.05) is 18.8 Å². The predicted molar refractivity (Wildman–Crippen MR) is 96.6 cm³/mol.